The van der Waals surface area contributed by atoms with Gasteiger partial charge in [0.05, 0.1) is 4.90 Å². The van der Waals surface area contributed by atoms with E-state index >= 15 is 0 Å². The largest absolute Gasteiger partial charge is 0.381 e. The van der Waals surface area contributed by atoms with Crippen LogP contribution in [0.5, 0.6) is 0 Å². The first-order chi connectivity index (χ1) is 13.7. The molecule has 9 heteroatoms. The zero-order chi connectivity index (χ0) is 21.1. The molecule has 5 nitrogen and oxygen atoms in total. The second kappa shape index (κ2) is 8.77. The van der Waals surface area contributed by atoms with Crippen molar-refractivity contribution in [3.63, 3.8) is 0 Å². The maximum atomic E-state index is 12.6. The van der Waals surface area contributed by atoms with Crippen LogP contribution in [0.3, 0.4) is 0 Å². The maximum Gasteiger partial charge on any atom is 0.341 e. The van der Waals surface area contributed by atoms with Gasteiger partial charge in [0.25, 0.3) is 5.91 Å². The average Bonchev–Trinajstić information content (AvgIpc) is 2.73. The average molecular weight is 444 g/mol. The Kier molecular flexibility index (Phi) is 6.55. The monoisotopic (exact) mass is 443 g/mol. The number of carbonyl (C=O) groups excluding carboxylic acids is 1. The first kappa shape index (κ1) is 21.7. The fourth-order valence-electron chi connectivity index (χ4n) is 3.38. The Morgan fingerprint density at radius 2 is 1.66 bits per heavy atom. The molecule has 0 radical (unpaired) electrons. The minimum Gasteiger partial charge on any atom is -0.381 e. The summed E-state index contributed by atoms with van der Waals surface area (Å²) in [6.45, 7) is 1.49. The van der Waals surface area contributed by atoms with Gasteiger partial charge in [-0.25, -0.2) is 8.42 Å². The normalized spacial score (nSPS) is 16.6. The van der Waals surface area contributed by atoms with Crippen LogP contribution in [-0.4, -0.2) is 39.8 Å². The molecule has 156 valence electrons. The number of sulfone groups is 1. The first-order valence-corrected chi connectivity index (χ1v) is 10.9. The highest BCUT2D eigenvalue weighted by Crippen LogP contribution is 2.35. The summed E-state index contributed by atoms with van der Waals surface area (Å²) in [5.74, 6) is -3.92. The highest BCUT2D eigenvalue weighted by molar-refractivity contribution is 7.91. The summed E-state index contributed by atoms with van der Waals surface area (Å²) in [5, 5.41) is 3.50. The predicted octanol–water partition coefficient (Wildman–Crippen LogP) is 3.81. The topological polar surface area (TPSA) is 72.5 Å². The van der Waals surface area contributed by atoms with Crippen LogP contribution in [-0.2, 0) is 20.0 Å². The zero-order valence-corrected chi connectivity index (χ0v) is 17.0. The standard InChI is InChI=1S/C20H20ClF2NO4S/c21-16-5-3-15(4-6-16)20(9-11-28-12-10-20)13-24-18(25)14-1-7-17(8-2-14)29(26,27)19(22)23/h1-8,19H,9-13H2,(H,24,25). The molecule has 1 heterocycles. The second-order valence-corrected chi connectivity index (χ2v) is 9.27. The van der Waals surface area contributed by atoms with Crippen LogP contribution in [0.2, 0.25) is 5.02 Å². The van der Waals surface area contributed by atoms with E-state index in [9.17, 15) is 22.0 Å². The van der Waals surface area contributed by atoms with Crippen molar-refractivity contribution < 1.29 is 26.7 Å². The summed E-state index contributed by atoms with van der Waals surface area (Å²) < 4.78 is 53.7. The maximum absolute atomic E-state index is 12.6. The highest BCUT2D eigenvalue weighted by Gasteiger charge is 2.35. The Hall–Kier alpha value is -2.03. The number of nitrogens with one attached hydrogen (secondary N) is 1. The second-order valence-electron chi connectivity index (χ2n) is 6.91. The SMILES string of the molecule is O=C(NCC1(c2ccc(Cl)cc2)CCOCC1)c1ccc(S(=O)(=O)C(F)F)cc1. The van der Waals surface area contributed by atoms with Crippen LogP contribution in [0.25, 0.3) is 0 Å². The predicted molar refractivity (Wildman–Crippen MR) is 105 cm³/mol. The van der Waals surface area contributed by atoms with E-state index in [2.05, 4.69) is 5.32 Å². The smallest absolute Gasteiger partial charge is 0.341 e. The Morgan fingerprint density at radius 1 is 1.07 bits per heavy atom. The Morgan fingerprint density at radius 3 is 2.21 bits per heavy atom. The van der Waals surface area contributed by atoms with Crippen LogP contribution in [0, 0.1) is 0 Å². The van der Waals surface area contributed by atoms with Crippen molar-refractivity contribution in [1.82, 2.24) is 5.32 Å². The lowest BCUT2D eigenvalue weighted by Gasteiger charge is -2.38. The fourth-order valence-corrected chi connectivity index (χ4v) is 4.23. The first-order valence-electron chi connectivity index (χ1n) is 8.99. The summed E-state index contributed by atoms with van der Waals surface area (Å²) in [6, 6.07) is 12.0. The third-order valence-electron chi connectivity index (χ3n) is 5.17. The van der Waals surface area contributed by atoms with E-state index in [1.807, 2.05) is 12.1 Å². The molecule has 3 rings (SSSR count). The minimum atomic E-state index is -4.69. The van der Waals surface area contributed by atoms with Crippen molar-refractivity contribution in [3.8, 4) is 0 Å². The van der Waals surface area contributed by atoms with E-state index < -0.39 is 26.4 Å². The van der Waals surface area contributed by atoms with Gasteiger partial charge in [0, 0.05) is 35.8 Å². The molecular formula is C20H20ClF2NO4S. The zero-order valence-electron chi connectivity index (χ0n) is 15.4. The van der Waals surface area contributed by atoms with E-state index in [-0.39, 0.29) is 11.0 Å². The summed E-state index contributed by atoms with van der Waals surface area (Å²) in [6.07, 6.45) is 1.45. The van der Waals surface area contributed by atoms with Gasteiger partial charge in [0.2, 0.25) is 9.84 Å². The molecular weight excluding hydrogens is 424 g/mol. The van der Waals surface area contributed by atoms with Gasteiger partial charge in [0.15, 0.2) is 0 Å². The van der Waals surface area contributed by atoms with Gasteiger partial charge in [-0.1, -0.05) is 23.7 Å². The number of amides is 1. The van der Waals surface area contributed by atoms with Crippen molar-refractivity contribution in [2.24, 2.45) is 0 Å². The van der Waals surface area contributed by atoms with Crippen molar-refractivity contribution in [3.05, 3.63) is 64.7 Å². The number of halogens is 3. The van der Waals surface area contributed by atoms with Gasteiger partial charge in [-0.2, -0.15) is 8.78 Å². The van der Waals surface area contributed by atoms with E-state index in [4.69, 9.17) is 16.3 Å². The molecule has 1 N–H and O–H groups in total. The van der Waals surface area contributed by atoms with Crippen LogP contribution < -0.4 is 5.32 Å². The lowest BCUT2D eigenvalue weighted by atomic mass is 9.74. The van der Waals surface area contributed by atoms with Gasteiger partial charge >= 0.3 is 5.76 Å². The van der Waals surface area contributed by atoms with Gasteiger partial charge < -0.3 is 10.1 Å². The van der Waals surface area contributed by atoms with Gasteiger partial charge in [-0.15, -0.1) is 0 Å². The summed E-state index contributed by atoms with van der Waals surface area (Å²) in [5.41, 5.74) is 0.928. The van der Waals surface area contributed by atoms with Crippen LogP contribution in [0.1, 0.15) is 28.8 Å². The molecule has 0 saturated carbocycles. The van der Waals surface area contributed by atoms with E-state index in [0.717, 1.165) is 30.5 Å². The Balaban J connectivity index is 1.74. The van der Waals surface area contributed by atoms with E-state index in [0.29, 0.717) is 24.8 Å². The highest BCUT2D eigenvalue weighted by atomic mass is 35.5. The van der Waals surface area contributed by atoms with Crippen LogP contribution >= 0.6 is 11.6 Å². The number of carbonyl (C=O) groups is 1. The molecule has 0 aliphatic carbocycles. The van der Waals surface area contributed by atoms with Crippen molar-refractivity contribution >= 4 is 27.3 Å². The molecule has 1 aliphatic heterocycles. The Labute approximate surface area is 172 Å². The number of alkyl halides is 2. The number of hydrogen-bond donors (Lipinski definition) is 1. The molecule has 0 atom stereocenters. The number of hydrogen-bond acceptors (Lipinski definition) is 4. The lowest BCUT2D eigenvalue weighted by Crippen LogP contribution is -2.44. The van der Waals surface area contributed by atoms with Gasteiger partial charge in [-0.05, 0) is 54.8 Å². The van der Waals surface area contributed by atoms with Crippen LogP contribution in [0.15, 0.2) is 53.4 Å². The van der Waals surface area contributed by atoms with Crippen molar-refractivity contribution in [2.75, 3.05) is 19.8 Å². The third kappa shape index (κ3) is 4.76. The molecule has 0 aromatic heterocycles. The molecule has 1 aliphatic rings. The molecule has 0 spiro atoms. The molecule has 0 unspecified atom stereocenters. The fraction of sp³-hybridized carbons (Fsp3) is 0.350. The van der Waals surface area contributed by atoms with Crippen LogP contribution in [0.4, 0.5) is 8.78 Å². The third-order valence-corrected chi connectivity index (χ3v) is 6.82. The number of ether oxygens (including phenoxy) is 1. The molecule has 1 saturated heterocycles. The van der Waals surface area contributed by atoms with E-state index in [1.54, 1.807) is 12.1 Å². The molecule has 2 aromatic carbocycles. The molecule has 1 fully saturated rings. The molecule has 29 heavy (non-hydrogen) atoms. The lowest BCUT2D eigenvalue weighted by molar-refractivity contribution is 0.0487. The quantitative estimate of drug-likeness (QED) is 0.736. The number of rotatable bonds is 6. The van der Waals surface area contributed by atoms with E-state index in [1.165, 1.54) is 12.1 Å². The van der Waals surface area contributed by atoms with Crippen molar-refractivity contribution in [2.45, 2.75) is 28.9 Å². The van der Waals surface area contributed by atoms with Crippen molar-refractivity contribution in [1.29, 1.82) is 0 Å². The Bertz CT molecular complexity index is 957. The molecule has 2 aromatic rings. The summed E-state index contributed by atoms with van der Waals surface area (Å²) in [7, 11) is -4.69. The van der Waals surface area contributed by atoms with Gasteiger partial charge in [0.1, 0.15) is 0 Å². The number of benzene rings is 2. The summed E-state index contributed by atoms with van der Waals surface area (Å²) >= 11 is 5.98. The minimum absolute atomic E-state index is 0.191. The molecule has 0 bridgehead atoms. The summed E-state index contributed by atoms with van der Waals surface area (Å²) in [4.78, 5) is 12.0. The molecule has 1 amide bonds. The van der Waals surface area contributed by atoms with Gasteiger partial charge in [-0.3, -0.25) is 4.79 Å².